The maximum Gasteiger partial charge on any atom is 0.269 e. The van der Waals surface area contributed by atoms with Gasteiger partial charge in [0.25, 0.3) is 11.6 Å². The van der Waals surface area contributed by atoms with Crippen molar-refractivity contribution in [1.82, 2.24) is 10.2 Å². The van der Waals surface area contributed by atoms with Crippen LogP contribution < -0.4 is 5.32 Å². The normalized spacial score (nSPS) is 19.3. The molecule has 1 amide bonds. The lowest BCUT2D eigenvalue weighted by atomic mass is 10.1. The van der Waals surface area contributed by atoms with Crippen LogP contribution in [0.3, 0.4) is 0 Å². The summed E-state index contributed by atoms with van der Waals surface area (Å²) in [4.78, 5) is 24.4. The highest BCUT2D eigenvalue weighted by molar-refractivity contribution is 5.96. The Bertz CT molecular complexity index is 516. The summed E-state index contributed by atoms with van der Waals surface area (Å²) >= 11 is 0. The van der Waals surface area contributed by atoms with Gasteiger partial charge in [0.05, 0.1) is 4.92 Å². The first kappa shape index (κ1) is 13.5. The number of hydrogen-bond donors (Lipinski definition) is 1. The van der Waals surface area contributed by atoms with Crippen LogP contribution in [0.25, 0.3) is 0 Å². The van der Waals surface area contributed by atoms with Crippen molar-refractivity contribution in [3.05, 3.63) is 39.4 Å². The predicted octanol–water partition coefficient (Wildman–Crippen LogP) is 1.34. The van der Waals surface area contributed by atoms with Gasteiger partial charge < -0.3 is 10.2 Å². The van der Waals surface area contributed by atoms with Gasteiger partial charge >= 0.3 is 0 Å². The van der Waals surface area contributed by atoms with Gasteiger partial charge in [-0.3, -0.25) is 14.9 Å². The Labute approximate surface area is 111 Å². The molecule has 0 spiro atoms. The Kier molecular flexibility index (Phi) is 3.80. The number of nitro benzene ring substituents is 1. The number of carbonyl (C=O) groups excluding carboxylic acids is 1. The summed E-state index contributed by atoms with van der Waals surface area (Å²) in [6.07, 6.45) is 0. The highest BCUT2D eigenvalue weighted by Gasteiger charge is 2.23. The number of carbonyl (C=O) groups is 1. The van der Waals surface area contributed by atoms with Crippen LogP contribution in [0.15, 0.2) is 18.2 Å². The van der Waals surface area contributed by atoms with E-state index in [-0.39, 0.29) is 17.6 Å². The zero-order valence-electron chi connectivity index (χ0n) is 11.0. The van der Waals surface area contributed by atoms with Crippen molar-refractivity contribution in [2.24, 2.45) is 0 Å². The van der Waals surface area contributed by atoms with Gasteiger partial charge in [0.2, 0.25) is 0 Å². The molecule has 6 nitrogen and oxygen atoms in total. The molecule has 1 saturated heterocycles. The Morgan fingerprint density at radius 1 is 1.53 bits per heavy atom. The van der Waals surface area contributed by atoms with Crippen molar-refractivity contribution < 1.29 is 9.72 Å². The molecule has 0 aliphatic carbocycles. The summed E-state index contributed by atoms with van der Waals surface area (Å²) in [6.45, 7) is 5.86. The monoisotopic (exact) mass is 263 g/mol. The lowest BCUT2D eigenvalue weighted by Gasteiger charge is -2.32. The van der Waals surface area contributed by atoms with Crippen molar-refractivity contribution in [1.29, 1.82) is 0 Å². The Morgan fingerprint density at radius 3 is 2.84 bits per heavy atom. The first-order valence-corrected chi connectivity index (χ1v) is 6.26. The molecule has 1 aromatic carbocycles. The molecule has 1 heterocycles. The molecule has 2 rings (SSSR count). The van der Waals surface area contributed by atoms with Crippen LogP contribution >= 0.6 is 0 Å². The van der Waals surface area contributed by atoms with Gasteiger partial charge in [-0.2, -0.15) is 0 Å². The summed E-state index contributed by atoms with van der Waals surface area (Å²) in [5.41, 5.74) is 1.20. The molecule has 1 atom stereocenters. The zero-order valence-corrected chi connectivity index (χ0v) is 11.0. The summed E-state index contributed by atoms with van der Waals surface area (Å²) in [6, 6.07) is 4.64. The zero-order chi connectivity index (χ0) is 14.0. The van der Waals surface area contributed by atoms with Gasteiger partial charge in [0, 0.05) is 43.4 Å². The van der Waals surface area contributed by atoms with E-state index in [1.165, 1.54) is 12.1 Å². The number of nitro groups is 1. The van der Waals surface area contributed by atoms with Crippen molar-refractivity contribution >= 4 is 11.6 Å². The number of non-ortho nitro benzene ring substituents is 1. The lowest BCUT2D eigenvalue weighted by Crippen LogP contribution is -2.51. The van der Waals surface area contributed by atoms with Gasteiger partial charge in [-0.15, -0.1) is 0 Å². The highest BCUT2D eigenvalue weighted by Crippen LogP contribution is 2.19. The van der Waals surface area contributed by atoms with Crippen LogP contribution in [0.2, 0.25) is 0 Å². The number of benzene rings is 1. The van der Waals surface area contributed by atoms with Crippen molar-refractivity contribution in [3.63, 3.8) is 0 Å². The molecular formula is C13H17N3O3. The van der Waals surface area contributed by atoms with Crippen LogP contribution in [0.1, 0.15) is 22.8 Å². The molecule has 1 aliphatic rings. The van der Waals surface area contributed by atoms with E-state index >= 15 is 0 Å². The lowest BCUT2D eigenvalue weighted by molar-refractivity contribution is -0.384. The Hall–Kier alpha value is -1.95. The molecule has 102 valence electrons. The number of rotatable bonds is 2. The van der Waals surface area contributed by atoms with Crippen LogP contribution in [0, 0.1) is 17.0 Å². The van der Waals surface area contributed by atoms with E-state index < -0.39 is 4.92 Å². The highest BCUT2D eigenvalue weighted by atomic mass is 16.6. The first-order valence-electron chi connectivity index (χ1n) is 6.26. The van der Waals surface area contributed by atoms with Gasteiger partial charge in [-0.25, -0.2) is 0 Å². The van der Waals surface area contributed by atoms with E-state index in [9.17, 15) is 14.9 Å². The molecule has 0 aromatic heterocycles. The second kappa shape index (κ2) is 5.36. The number of aryl methyl sites for hydroxylation is 1. The molecule has 1 fully saturated rings. The number of piperazine rings is 1. The fraction of sp³-hybridized carbons (Fsp3) is 0.462. The quantitative estimate of drug-likeness (QED) is 0.645. The molecular weight excluding hydrogens is 246 g/mol. The minimum Gasteiger partial charge on any atom is -0.336 e. The molecule has 6 heteroatoms. The molecule has 1 N–H and O–H groups in total. The SMILES string of the molecule is Cc1cc([N+](=O)[O-])ccc1C(=O)N1CCN[C@@H](C)C1. The fourth-order valence-electron chi connectivity index (χ4n) is 2.29. The number of nitrogens with one attached hydrogen (secondary N) is 1. The van der Waals surface area contributed by atoms with E-state index in [1.54, 1.807) is 17.9 Å². The number of nitrogens with zero attached hydrogens (tertiary/aromatic N) is 2. The Balaban J connectivity index is 2.21. The van der Waals surface area contributed by atoms with Crippen LogP contribution in [-0.4, -0.2) is 41.4 Å². The van der Waals surface area contributed by atoms with Crippen LogP contribution in [0.5, 0.6) is 0 Å². The number of amides is 1. The number of hydrogen-bond acceptors (Lipinski definition) is 4. The van der Waals surface area contributed by atoms with Gasteiger partial charge in [-0.05, 0) is 25.5 Å². The third-order valence-corrected chi connectivity index (χ3v) is 3.31. The third-order valence-electron chi connectivity index (χ3n) is 3.31. The van der Waals surface area contributed by atoms with E-state index in [2.05, 4.69) is 5.32 Å². The second-order valence-electron chi connectivity index (χ2n) is 4.86. The predicted molar refractivity (Wildman–Crippen MR) is 71.2 cm³/mol. The molecule has 0 saturated carbocycles. The minimum absolute atomic E-state index is 0.0164. The Morgan fingerprint density at radius 2 is 2.26 bits per heavy atom. The summed E-state index contributed by atoms with van der Waals surface area (Å²) < 4.78 is 0. The minimum atomic E-state index is -0.450. The van der Waals surface area contributed by atoms with Crippen LogP contribution in [-0.2, 0) is 0 Å². The third kappa shape index (κ3) is 2.90. The molecule has 19 heavy (non-hydrogen) atoms. The molecule has 0 bridgehead atoms. The second-order valence-corrected chi connectivity index (χ2v) is 4.86. The average Bonchev–Trinajstić information content (AvgIpc) is 2.37. The maximum atomic E-state index is 12.4. The van der Waals surface area contributed by atoms with Crippen molar-refractivity contribution in [2.75, 3.05) is 19.6 Å². The fourth-order valence-corrected chi connectivity index (χ4v) is 2.29. The molecule has 1 aromatic rings. The smallest absolute Gasteiger partial charge is 0.269 e. The first-order chi connectivity index (χ1) is 8.99. The summed E-state index contributed by atoms with van der Waals surface area (Å²) in [5, 5.41) is 14.0. The molecule has 1 aliphatic heterocycles. The molecule has 0 radical (unpaired) electrons. The maximum absolute atomic E-state index is 12.4. The average molecular weight is 263 g/mol. The van der Waals surface area contributed by atoms with Crippen LogP contribution in [0.4, 0.5) is 5.69 Å². The van der Waals surface area contributed by atoms with Gasteiger partial charge in [0.1, 0.15) is 0 Å². The van der Waals surface area contributed by atoms with Gasteiger partial charge in [-0.1, -0.05) is 0 Å². The largest absolute Gasteiger partial charge is 0.336 e. The van der Waals surface area contributed by atoms with E-state index in [0.29, 0.717) is 24.2 Å². The van der Waals surface area contributed by atoms with Gasteiger partial charge in [0.15, 0.2) is 0 Å². The topological polar surface area (TPSA) is 75.5 Å². The van der Waals surface area contributed by atoms with E-state index in [1.807, 2.05) is 6.92 Å². The summed E-state index contributed by atoms with van der Waals surface area (Å²) in [7, 11) is 0. The van der Waals surface area contributed by atoms with E-state index in [0.717, 1.165) is 6.54 Å². The van der Waals surface area contributed by atoms with Crippen molar-refractivity contribution in [3.8, 4) is 0 Å². The van der Waals surface area contributed by atoms with E-state index in [4.69, 9.17) is 0 Å². The standard InChI is InChI=1S/C13H17N3O3/c1-9-7-11(16(18)19)3-4-12(9)13(17)15-6-5-14-10(2)8-15/h3-4,7,10,14H,5-6,8H2,1-2H3/t10-/m0/s1. The molecule has 0 unspecified atom stereocenters. The van der Waals surface area contributed by atoms with Crippen molar-refractivity contribution in [2.45, 2.75) is 19.9 Å². The summed E-state index contributed by atoms with van der Waals surface area (Å²) in [5.74, 6) is -0.0549.